The van der Waals surface area contributed by atoms with E-state index in [1.165, 1.54) is 12.1 Å². The average Bonchev–Trinajstić information content (AvgIpc) is 2.14. The van der Waals surface area contributed by atoms with Gasteiger partial charge in [-0.05, 0) is 24.6 Å². The molecule has 0 heterocycles. The Morgan fingerprint density at radius 3 is 2.71 bits per heavy atom. The van der Waals surface area contributed by atoms with Gasteiger partial charge in [0.2, 0.25) is 0 Å². The van der Waals surface area contributed by atoms with Gasteiger partial charge in [0.25, 0.3) is 0 Å². The molecule has 1 aromatic carbocycles. The zero-order chi connectivity index (χ0) is 10.6. The van der Waals surface area contributed by atoms with E-state index in [9.17, 15) is 9.90 Å². The summed E-state index contributed by atoms with van der Waals surface area (Å²) in [5.41, 5.74) is 0.666. The second-order valence-electron chi connectivity index (χ2n) is 2.79. The largest absolute Gasteiger partial charge is 0.507 e. The summed E-state index contributed by atoms with van der Waals surface area (Å²) in [5.74, 6) is -1.36. The normalized spacial score (nSPS) is 10.1. The van der Waals surface area contributed by atoms with Gasteiger partial charge in [0.05, 0.1) is 6.61 Å². The fourth-order valence-electron chi connectivity index (χ4n) is 1.07. The van der Waals surface area contributed by atoms with Gasteiger partial charge in [-0.2, -0.15) is 0 Å². The molecular formula is C10H12O4. The fraction of sp³-hybridized carbons (Fsp3) is 0.300. The van der Waals surface area contributed by atoms with Crippen molar-refractivity contribution in [3.05, 3.63) is 29.3 Å². The molecule has 4 nitrogen and oxygen atoms in total. The van der Waals surface area contributed by atoms with Crippen molar-refractivity contribution >= 4 is 5.97 Å². The zero-order valence-corrected chi connectivity index (χ0v) is 7.86. The summed E-state index contributed by atoms with van der Waals surface area (Å²) in [6.07, 6.45) is 0. The number of hydrogen-bond donors (Lipinski definition) is 2. The van der Waals surface area contributed by atoms with Crippen LogP contribution < -0.4 is 0 Å². The predicted molar refractivity (Wildman–Crippen MR) is 50.4 cm³/mol. The number of aromatic carboxylic acids is 1. The Bertz CT molecular complexity index is 333. The number of benzene rings is 1. The summed E-state index contributed by atoms with van der Waals surface area (Å²) >= 11 is 0. The molecule has 0 aliphatic carbocycles. The minimum atomic E-state index is -1.13. The van der Waals surface area contributed by atoms with E-state index < -0.39 is 5.97 Å². The summed E-state index contributed by atoms with van der Waals surface area (Å²) in [6, 6.07) is 4.39. The van der Waals surface area contributed by atoms with Crippen LogP contribution >= 0.6 is 0 Å². The highest BCUT2D eigenvalue weighted by atomic mass is 16.5. The van der Waals surface area contributed by atoms with Crippen molar-refractivity contribution in [2.75, 3.05) is 6.61 Å². The van der Waals surface area contributed by atoms with E-state index in [-0.39, 0.29) is 11.3 Å². The molecule has 0 atom stereocenters. The second-order valence-corrected chi connectivity index (χ2v) is 2.79. The third-order valence-corrected chi connectivity index (χ3v) is 1.77. The predicted octanol–water partition coefficient (Wildman–Crippen LogP) is 1.63. The lowest BCUT2D eigenvalue weighted by Gasteiger charge is -2.04. The first-order valence-corrected chi connectivity index (χ1v) is 4.28. The first-order chi connectivity index (χ1) is 6.65. The first-order valence-electron chi connectivity index (χ1n) is 4.28. The van der Waals surface area contributed by atoms with Gasteiger partial charge in [0, 0.05) is 6.61 Å². The Kier molecular flexibility index (Phi) is 3.48. The van der Waals surface area contributed by atoms with Crippen LogP contribution in [0.1, 0.15) is 22.8 Å². The first kappa shape index (κ1) is 10.5. The van der Waals surface area contributed by atoms with Crippen LogP contribution in [0, 0.1) is 0 Å². The Labute approximate surface area is 81.8 Å². The minimum absolute atomic E-state index is 0.0924. The molecular weight excluding hydrogens is 184 g/mol. The van der Waals surface area contributed by atoms with Gasteiger partial charge < -0.3 is 14.9 Å². The molecule has 0 aliphatic heterocycles. The number of hydrogen-bond acceptors (Lipinski definition) is 3. The quantitative estimate of drug-likeness (QED) is 0.768. The van der Waals surface area contributed by atoms with Crippen LogP contribution in [0.15, 0.2) is 18.2 Å². The third-order valence-electron chi connectivity index (χ3n) is 1.77. The lowest BCUT2D eigenvalue weighted by Crippen LogP contribution is -1.98. The van der Waals surface area contributed by atoms with E-state index in [1.54, 1.807) is 6.07 Å². The Hall–Kier alpha value is -1.55. The molecule has 4 heteroatoms. The summed E-state index contributed by atoms with van der Waals surface area (Å²) in [4.78, 5) is 10.6. The molecule has 0 bridgehead atoms. The summed E-state index contributed by atoms with van der Waals surface area (Å²) in [7, 11) is 0. The molecule has 0 saturated heterocycles. The number of ether oxygens (including phenoxy) is 1. The van der Waals surface area contributed by atoms with Gasteiger partial charge in [0.1, 0.15) is 11.3 Å². The Balaban J connectivity index is 2.83. The number of carboxylic acid groups (broad SMARTS) is 1. The molecule has 1 rings (SSSR count). The molecule has 0 saturated carbocycles. The van der Waals surface area contributed by atoms with E-state index in [4.69, 9.17) is 9.84 Å². The van der Waals surface area contributed by atoms with E-state index >= 15 is 0 Å². The van der Waals surface area contributed by atoms with Crippen molar-refractivity contribution in [1.82, 2.24) is 0 Å². The Morgan fingerprint density at radius 2 is 2.21 bits per heavy atom. The van der Waals surface area contributed by atoms with Gasteiger partial charge >= 0.3 is 5.97 Å². The fourth-order valence-corrected chi connectivity index (χ4v) is 1.07. The number of phenols is 1. The summed E-state index contributed by atoms with van der Waals surface area (Å²) in [5, 5.41) is 18.0. The van der Waals surface area contributed by atoms with E-state index in [0.717, 1.165) is 5.56 Å². The monoisotopic (exact) mass is 196 g/mol. The number of carbonyl (C=O) groups is 1. The zero-order valence-electron chi connectivity index (χ0n) is 7.86. The van der Waals surface area contributed by atoms with Gasteiger partial charge in [-0.3, -0.25) is 0 Å². The van der Waals surface area contributed by atoms with Crippen LogP contribution in [0.25, 0.3) is 0 Å². The van der Waals surface area contributed by atoms with E-state index in [0.29, 0.717) is 13.2 Å². The molecule has 0 radical (unpaired) electrons. The topological polar surface area (TPSA) is 66.8 Å². The lowest BCUT2D eigenvalue weighted by atomic mass is 10.1. The van der Waals surface area contributed by atoms with Crippen molar-refractivity contribution in [3.8, 4) is 5.75 Å². The SMILES string of the molecule is CCOCc1ccc(C(=O)O)c(O)c1. The van der Waals surface area contributed by atoms with Crippen LogP contribution in [-0.2, 0) is 11.3 Å². The molecule has 0 unspecified atom stereocenters. The van der Waals surface area contributed by atoms with Crippen molar-refractivity contribution in [2.45, 2.75) is 13.5 Å². The molecule has 0 fully saturated rings. The average molecular weight is 196 g/mol. The van der Waals surface area contributed by atoms with Gasteiger partial charge in [0.15, 0.2) is 0 Å². The van der Waals surface area contributed by atoms with Crippen molar-refractivity contribution < 1.29 is 19.7 Å². The summed E-state index contributed by atoms with van der Waals surface area (Å²) in [6.45, 7) is 2.83. The van der Waals surface area contributed by atoms with E-state index in [1.807, 2.05) is 6.92 Å². The van der Waals surface area contributed by atoms with Gasteiger partial charge in [-0.15, -0.1) is 0 Å². The standard InChI is InChI=1S/C10H12O4/c1-2-14-6-7-3-4-8(10(12)13)9(11)5-7/h3-5,11H,2,6H2,1H3,(H,12,13). The number of carboxylic acids is 1. The van der Waals surface area contributed by atoms with Gasteiger partial charge in [-0.25, -0.2) is 4.79 Å². The third kappa shape index (κ3) is 2.47. The van der Waals surface area contributed by atoms with Gasteiger partial charge in [-0.1, -0.05) is 6.07 Å². The van der Waals surface area contributed by atoms with Crippen LogP contribution in [0.2, 0.25) is 0 Å². The summed E-state index contributed by atoms with van der Waals surface area (Å²) < 4.78 is 5.12. The molecule has 0 aromatic heterocycles. The molecule has 0 amide bonds. The second kappa shape index (κ2) is 4.62. The molecule has 0 aliphatic rings. The highest BCUT2D eigenvalue weighted by molar-refractivity contribution is 5.90. The van der Waals surface area contributed by atoms with Crippen molar-refractivity contribution in [2.24, 2.45) is 0 Å². The maximum atomic E-state index is 10.6. The van der Waals surface area contributed by atoms with Crippen LogP contribution in [0.5, 0.6) is 5.75 Å². The van der Waals surface area contributed by atoms with Crippen molar-refractivity contribution in [1.29, 1.82) is 0 Å². The van der Waals surface area contributed by atoms with Crippen LogP contribution in [-0.4, -0.2) is 22.8 Å². The Morgan fingerprint density at radius 1 is 1.50 bits per heavy atom. The molecule has 14 heavy (non-hydrogen) atoms. The highest BCUT2D eigenvalue weighted by Crippen LogP contribution is 2.19. The van der Waals surface area contributed by atoms with Crippen LogP contribution in [0.3, 0.4) is 0 Å². The molecule has 76 valence electrons. The van der Waals surface area contributed by atoms with E-state index in [2.05, 4.69) is 0 Å². The molecule has 2 N–H and O–H groups in total. The maximum Gasteiger partial charge on any atom is 0.339 e. The maximum absolute atomic E-state index is 10.6. The molecule has 1 aromatic rings. The van der Waals surface area contributed by atoms with Crippen LogP contribution in [0.4, 0.5) is 0 Å². The van der Waals surface area contributed by atoms with Crippen molar-refractivity contribution in [3.63, 3.8) is 0 Å². The lowest BCUT2D eigenvalue weighted by molar-refractivity contribution is 0.0693. The number of aromatic hydroxyl groups is 1. The number of rotatable bonds is 4. The minimum Gasteiger partial charge on any atom is -0.507 e. The highest BCUT2D eigenvalue weighted by Gasteiger charge is 2.09. The molecule has 0 spiro atoms. The smallest absolute Gasteiger partial charge is 0.339 e.